The Morgan fingerprint density at radius 1 is 0.984 bits per heavy atom. The van der Waals surface area contributed by atoms with Gasteiger partial charge in [-0.05, 0) is 38.2 Å². The first-order valence-electron chi connectivity index (χ1n) is 21.0. The van der Waals surface area contributed by atoms with Gasteiger partial charge >= 0.3 is 11.8 Å². The molecule has 0 saturated carbocycles. The minimum atomic E-state index is -1.97. The molecular weight excluding hydrogens is 833 g/mol. The number of unbranched alkanes of at least 4 members (excludes halogenated alkanes) is 1. The van der Waals surface area contributed by atoms with Gasteiger partial charge in [-0.2, -0.15) is 0 Å². The average molecular weight is 889 g/mol. The van der Waals surface area contributed by atoms with Gasteiger partial charge in [0.25, 0.3) is 5.91 Å². The van der Waals surface area contributed by atoms with E-state index in [9.17, 15) is 39.6 Å². The van der Waals surface area contributed by atoms with E-state index in [1.54, 1.807) is 45.9 Å². The zero-order valence-corrected chi connectivity index (χ0v) is 37.9. The standard InChI is InChI=1S/C47H56N2O13S/c1-11-12-18-63-28-19-29(51)35-31(20-28)61-44-36(48-35)32-33-40(54)26(7)43-34(32)45(56)47(9,62-43)59-17-16-30(58-10)23(4)42(60-27(8)50)25(6)39(53)24(5)38(52)21(2)14-13-15-22(3)46(57)49-37(44)41(33)55/h13-17,19-21,23-25,30,38-39,42,52-54,56H,11-12,18H2,1-10H3,(H,49,57)/b14-13+,17-16+,22-15-/t21-,23+,24+,25+,30-,38-,39+,42+,47-/m0/s1. The van der Waals surface area contributed by atoms with Crippen LogP contribution < -0.4 is 26.1 Å². The molecule has 338 valence electrons. The Morgan fingerprint density at radius 3 is 2.37 bits per heavy atom. The fraction of sp³-hybridized carbons (Fsp3) is 0.468. The zero-order chi connectivity index (χ0) is 46.2. The van der Waals surface area contributed by atoms with Gasteiger partial charge in [0.2, 0.25) is 10.9 Å². The summed E-state index contributed by atoms with van der Waals surface area (Å²) in [7, 11) is 1.44. The minimum absolute atomic E-state index is 0.0431. The average Bonchev–Trinajstić information content (AvgIpc) is 3.51. The lowest BCUT2D eigenvalue weighted by Gasteiger charge is -2.38. The Labute approximate surface area is 368 Å². The third-order valence-electron chi connectivity index (χ3n) is 12.2. The van der Waals surface area contributed by atoms with Crippen molar-refractivity contribution in [2.24, 2.45) is 23.7 Å². The minimum Gasteiger partial charge on any atom is -0.507 e. The lowest BCUT2D eigenvalue weighted by molar-refractivity contribution is -0.160. The number of thioether (sulfide) groups is 1. The summed E-state index contributed by atoms with van der Waals surface area (Å²) in [5.74, 6) is -6.15. The van der Waals surface area contributed by atoms with E-state index in [1.165, 1.54) is 71.0 Å². The smallest absolute Gasteiger partial charge is 0.307 e. The predicted octanol–water partition coefficient (Wildman–Crippen LogP) is 6.45. The number of anilines is 1. The maximum absolute atomic E-state index is 14.7. The highest BCUT2D eigenvalue weighted by atomic mass is 32.2. The first-order valence-corrected chi connectivity index (χ1v) is 22.0. The van der Waals surface area contributed by atoms with Gasteiger partial charge in [-0.15, -0.1) is 11.8 Å². The van der Waals surface area contributed by atoms with Crippen molar-refractivity contribution >= 4 is 68.1 Å². The molecule has 0 radical (unpaired) electrons. The molecule has 3 aromatic carbocycles. The van der Waals surface area contributed by atoms with Crippen molar-refractivity contribution in [2.45, 2.75) is 110 Å². The van der Waals surface area contributed by atoms with E-state index in [0.29, 0.717) is 4.90 Å². The summed E-state index contributed by atoms with van der Waals surface area (Å²) in [6.07, 6.45) is 5.42. The normalized spacial score (nSPS) is 29.0. The summed E-state index contributed by atoms with van der Waals surface area (Å²) in [5.41, 5.74) is -1.93. The number of phenolic OH excluding ortho intramolecular Hbond substituents is 1. The summed E-state index contributed by atoms with van der Waals surface area (Å²) >= 11 is 1.46. The van der Waals surface area contributed by atoms with Crippen LogP contribution in [0.25, 0.3) is 38.7 Å². The van der Waals surface area contributed by atoms with E-state index in [1.807, 2.05) is 0 Å². The van der Waals surface area contributed by atoms with E-state index < -0.39 is 88.1 Å². The molecule has 0 unspecified atom stereocenters. The lowest BCUT2D eigenvalue weighted by atomic mass is 9.78. The van der Waals surface area contributed by atoms with Gasteiger partial charge in [-0.3, -0.25) is 19.2 Å². The number of benzene rings is 3. The van der Waals surface area contributed by atoms with E-state index >= 15 is 0 Å². The fourth-order valence-corrected chi connectivity index (χ4v) is 9.33. The Balaban J connectivity index is 1.64. The van der Waals surface area contributed by atoms with E-state index in [4.69, 9.17) is 28.3 Å². The molecule has 1 amide bonds. The zero-order valence-electron chi connectivity index (χ0n) is 37.1. The highest BCUT2D eigenvalue weighted by molar-refractivity contribution is 7.99. The largest absolute Gasteiger partial charge is 0.507 e. The van der Waals surface area contributed by atoms with Gasteiger partial charge in [0.15, 0.2) is 22.4 Å². The SMILES string of the molecule is CCCCSc1cc(=O)c2nc3c(oc2c1)c1c(=O)c2c(O)c(C)c4c(c23)=C(O)[C@@](C)(O/C=C/[C@H](OC)[C@@H](C)[C@@H](OC(C)=O)[C@H](C)[C@H](O)[C@H](C)[C@@H](O)[C@@H](C)/C=C/C=C(/C)C(=O)N1)O4. The number of nitrogens with zero attached hydrogens (tertiary/aromatic N) is 1. The second kappa shape index (κ2) is 18.7. The van der Waals surface area contributed by atoms with Crippen LogP contribution in [0.3, 0.4) is 0 Å². The molecule has 0 fully saturated rings. The quantitative estimate of drug-likeness (QED) is 0.0461. The van der Waals surface area contributed by atoms with E-state index in [-0.39, 0.29) is 60.8 Å². The second-order valence-corrected chi connectivity index (χ2v) is 17.9. The van der Waals surface area contributed by atoms with Crippen LogP contribution in [0.15, 0.2) is 67.2 Å². The summed E-state index contributed by atoms with van der Waals surface area (Å²) in [6.45, 7) is 14.6. The van der Waals surface area contributed by atoms with Crippen molar-refractivity contribution in [3.63, 3.8) is 0 Å². The number of rotatable bonds is 6. The maximum atomic E-state index is 14.7. The molecule has 0 spiro atoms. The summed E-state index contributed by atoms with van der Waals surface area (Å²) in [5, 5.41) is 49.0. The number of hydrogen-bond donors (Lipinski definition) is 5. The molecule has 5 bridgehead atoms. The van der Waals surface area contributed by atoms with Crippen molar-refractivity contribution < 1.29 is 53.4 Å². The van der Waals surface area contributed by atoms with Crippen molar-refractivity contribution in [3.05, 3.63) is 79.5 Å². The van der Waals surface area contributed by atoms with Crippen molar-refractivity contribution in [2.75, 3.05) is 18.2 Å². The number of aromatic hydroxyl groups is 1. The molecule has 5 N–H and O–H groups in total. The van der Waals surface area contributed by atoms with Crippen LogP contribution in [0, 0.1) is 30.6 Å². The Hall–Kier alpha value is -5.42. The number of amides is 1. The van der Waals surface area contributed by atoms with Gasteiger partial charge in [0.1, 0.15) is 28.8 Å². The highest BCUT2D eigenvalue weighted by Gasteiger charge is 2.44. The number of carbonyl (C=O) groups excluding carboxylic acids is 2. The van der Waals surface area contributed by atoms with Gasteiger partial charge in [-0.25, -0.2) is 4.98 Å². The molecular formula is C47H56N2O13S. The van der Waals surface area contributed by atoms with Crippen LogP contribution in [0.5, 0.6) is 11.5 Å². The molecule has 0 saturated heterocycles. The third-order valence-corrected chi connectivity index (χ3v) is 13.2. The number of aromatic nitrogens is 1. The number of fused-ring (bicyclic) bond motifs is 5. The van der Waals surface area contributed by atoms with E-state index in [2.05, 4.69) is 12.2 Å². The topological polar surface area (TPSA) is 224 Å². The van der Waals surface area contributed by atoms with Crippen LogP contribution in [-0.4, -0.2) is 80.4 Å². The number of nitrogens with one attached hydrogen (secondary N) is 1. The van der Waals surface area contributed by atoms with E-state index in [0.717, 1.165) is 18.6 Å². The van der Waals surface area contributed by atoms with Crippen molar-refractivity contribution in [1.29, 1.82) is 0 Å². The number of allylic oxidation sites excluding steroid dienone is 2. The van der Waals surface area contributed by atoms with Crippen LogP contribution >= 0.6 is 11.8 Å². The molecule has 2 aliphatic heterocycles. The first kappa shape index (κ1) is 47.1. The lowest BCUT2D eigenvalue weighted by Crippen LogP contribution is -2.46. The Bertz CT molecular complexity index is 2730. The Morgan fingerprint density at radius 2 is 1.70 bits per heavy atom. The molecule has 1 aromatic heterocycles. The molecule has 15 nitrogen and oxygen atoms in total. The predicted molar refractivity (Wildman–Crippen MR) is 241 cm³/mol. The number of aliphatic hydroxyl groups excluding tert-OH is 3. The molecule has 16 heteroatoms. The van der Waals surface area contributed by atoms with Crippen LogP contribution in [0.1, 0.15) is 73.8 Å². The number of esters is 1. The molecule has 3 heterocycles. The molecule has 63 heavy (non-hydrogen) atoms. The van der Waals surface area contributed by atoms with Gasteiger partial charge in [0.05, 0.1) is 35.2 Å². The number of aliphatic hydroxyl groups is 3. The third kappa shape index (κ3) is 8.90. The first-order chi connectivity index (χ1) is 29.8. The second-order valence-electron chi connectivity index (χ2n) is 16.7. The van der Waals surface area contributed by atoms with Crippen molar-refractivity contribution in [1.82, 2.24) is 4.98 Å². The number of methoxy groups -OCH3 is 1. The molecule has 4 aromatic rings. The summed E-state index contributed by atoms with van der Waals surface area (Å²) in [4.78, 5) is 60.0. The van der Waals surface area contributed by atoms with Crippen molar-refractivity contribution in [3.8, 4) is 11.5 Å². The van der Waals surface area contributed by atoms with Gasteiger partial charge < -0.3 is 49.1 Å². The number of ether oxygens (including phenoxy) is 4. The molecule has 0 aliphatic carbocycles. The number of carbonyl (C=O) groups is 2. The molecule has 2 aliphatic rings. The van der Waals surface area contributed by atoms with Crippen LogP contribution in [-0.2, 0) is 23.8 Å². The monoisotopic (exact) mass is 888 g/mol. The van der Waals surface area contributed by atoms with Gasteiger partial charge in [-0.1, -0.05) is 59.3 Å². The molecule has 6 rings (SSSR count). The number of phenols is 1. The summed E-state index contributed by atoms with van der Waals surface area (Å²) < 4.78 is 30.3. The van der Waals surface area contributed by atoms with Crippen LogP contribution in [0.4, 0.5) is 5.69 Å². The highest BCUT2D eigenvalue weighted by Crippen LogP contribution is 2.42. The van der Waals surface area contributed by atoms with Crippen LogP contribution in [0.2, 0.25) is 0 Å². The summed E-state index contributed by atoms with van der Waals surface area (Å²) in [6, 6.07) is 3.08. The Kier molecular flexibility index (Phi) is 14.0. The fourth-order valence-electron chi connectivity index (χ4n) is 8.28. The molecule has 9 atom stereocenters. The number of hydrogen-bond acceptors (Lipinski definition) is 15. The van der Waals surface area contributed by atoms with Gasteiger partial charge in [0, 0.05) is 72.1 Å². The maximum Gasteiger partial charge on any atom is 0.307 e.